The minimum atomic E-state index is 0.535. The Morgan fingerprint density at radius 1 is 1.23 bits per heavy atom. The standard InChI is InChI=1S/C20H35N5O/c1-16(2)18(25-11-7-5-6-8-12-25)15-24-20(21-3)23-14-17-9-10-22-19(13-17)26-4/h9-10,13,16,18H,5-8,11-12,14-15H2,1-4H3,(H2,21,23,24). The van der Waals surface area contributed by atoms with Gasteiger partial charge >= 0.3 is 0 Å². The number of rotatable bonds is 7. The Hall–Kier alpha value is -1.82. The molecule has 1 atom stereocenters. The number of nitrogens with one attached hydrogen (secondary N) is 2. The first-order valence-corrected chi connectivity index (χ1v) is 9.81. The van der Waals surface area contributed by atoms with E-state index in [2.05, 4.69) is 39.4 Å². The van der Waals surface area contributed by atoms with Crippen LogP contribution in [0.15, 0.2) is 23.3 Å². The fourth-order valence-electron chi connectivity index (χ4n) is 3.49. The van der Waals surface area contributed by atoms with Crippen LogP contribution in [0, 0.1) is 5.92 Å². The highest BCUT2D eigenvalue weighted by molar-refractivity contribution is 5.79. The molecule has 6 nitrogen and oxygen atoms in total. The number of likely N-dealkylation sites (tertiary alicyclic amines) is 1. The van der Waals surface area contributed by atoms with Crippen LogP contribution in [0.25, 0.3) is 0 Å². The molecule has 2 rings (SSSR count). The zero-order chi connectivity index (χ0) is 18.8. The summed E-state index contributed by atoms with van der Waals surface area (Å²) in [4.78, 5) is 11.2. The van der Waals surface area contributed by atoms with E-state index in [4.69, 9.17) is 4.74 Å². The fourth-order valence-corrected chi connectivity index (χ4v) is 3.49. The quantitative estimate of drug-likeness (QED) is 0.577. The van der Waals surface area contributed by atoms with Gasteiger partial charge in [-0.2, -0.15) is 0 Å². The third-order valence-electron chi connectivity index (χ3n) is 5.05. The molecule has 0 bridgehead atoms. The van der Waals surface area contributed by atoms with Crippen molar-refractivity contribution in [1.82, 2.24) is 20.5 Å². The molecule has 0 saturated carbocycles. The zero-order valence-corrected chi connectivity index (χ0v) is 16.8. The van der Waals surface area contributed by atoms with E-state index in [0.717, 1.165) is 18.1 Å². The number of methoxy groups -OCH3 is 1. The van der Waals surface area contributed by atoms with Crippen molar-refractivity contribution in [2.45, 2.75) is 52.1 Å². The topological polar surface area (TPSA) is 61.8 Å². The number of hydrogen-bond donors (Lipinski definition) is 2. The van der Waals surface area contributed by atoms with Gasteiger partial charge in [-0.25, -0.2) is 4.98 Å². The molecule has 1 aromatic heterocycles. The van der Waals surface area contributed by atoms with Crippen LogP contribution in [-0.2, 0) is 6.54 Å². The van der Waals surface area contributed by atoms with Crippen molar-refractivity contribution in [2.24, 2.45) is 10.9 Å². The van der Waals surface area contributed by atoms with Gasteiger partial charge in [0.25, 0.3) is 0 Å². The summed E-state index contributed by atoms with van der Waals surface area (Å²) >= 11 is 0. The summed E-state index contributed by atoms with van der Waals surface area (Å²) in [6, 6.07) is 4.46. The van der Waals surface area contributed by atoms with Gasteiger partial charge in [0.2, 0.25) is 5.88 Å². The number of ether oxygens (including phenoxy) is 1. The van der Waals surface area contributed by atoms with Crippen molar-refractivity contribution in [3.63, 3.8) is 0 Å². The number of guanidine groups is 1. The van der Waals surface area contributed by atoms with Gasteiger partial charge < -0.3 is 15.4 Å². The summed E-state index contributed by atoms with van der Waals surface area (Å²) in [5.74, 6) is 2.08. The van der Waals surface area contributed by atoms with Crippen LogP contribution in [0.1, 0.15) is 45.1 Å². The van der Waals surface area contributed by atoms with E-state index >= 15 is 0 Å². The summed E-state index contributed by atoms with van der Waals surface area (Å²) in [7, 11) is 3.45. The first kappa shape index (κ1) is 20.5. The van der Waals surface area contributed by atoms with Crippen molar-refractivity contribution in [1.29, 1.82) is 0 Å². The lowest BCUT2D eigenvalue weighted by Gasteiger charge is -2.34. The molecule has 1 saturated heterocycles. The molecular formula is C20H35N5O. The number of aliphatic imine (C=N–C) groups is 1. The highest BCUT2D eigenvalue weighted by Crippen LogP contribution is 2.17. The summed E-state index contributed by atoms with van der Waals surface area (Å²) in [6.07, 6.45) is 7.14. The fraction of sp³-hybridized carbons (Fsp3) is 0.700. The molecule has 0 spiro atoms. The van der Waals surface area contributed by atoms with Gasteiger partial charge in [0.1, 0.15) is 0 Å². The number of pyridine rings is 1. The number of hydrogen-bond acceptors (Lipinski definition) is 4. The van der Waals surface area contributed by atoms with Crippen molar-refractivity contribution >= 4 is 5.96 Å². The van der Waals surface area contributed by atoms with Crippen molar-refractivity contribution in [3.05, 3.63) is 23.9 Å². The van der Waals surface area contributed by atoms with Gasteiger partial charge in [-0.15, -0.1) is 0 Å². The Balaban J connectivity index is 1.87. The van der Waals surface area contributed by atoms with Crippen LogP contribution in [-0.4, -0.2) is 55.7 Å². The molecule has 0 aromatic carbocycles. The van der Waals surface area contributed by atoms with Crippen molar-refractivity contribution in [2.75, 3.05) is 33.8 Å². The van der Waals surface area contributed by atoms with E-state index < -0.39 is 0 Å². The Morgan fingerprint density at radius 3 is 2.58 bits per heavy atom. The Bertz CT molecular complexity index is 553. The molecule has 0 aliphatic carbocycles. The molecule has 1 aliphatic heterocycles. The first-order valence-electron chi connectivity index (χ1n) is 9.81. The van der Waals surface area contributed by atoms with Gasteiger partial charge in [-0.3, -0.25) is 9.89 Å². The molecule has 0 amide bonds. The molecule has 146 valence electrons. The van der Waals surface area contributed by atoms with Crippen LogP contribution in [0.2, 0.25) is 0 Å². The van der Waals surface area contributed by atoms with Crippen LogP contribution >= 0.6 is 0 Å². The molecule has 6 heteroatoms. The third kappa shape index (κ3) is 6.48. The Labute approximate surface area is 158 Å². The molecule has 2 heterocycles. The van der Waals surface area contributed by atoms with E-state index in [1.807, 2.05) is 19.2 Å². The van der Waals surface area contributed by atoms with E-state index in [1.165, 1.54) is 38.8 Å². The monoisotopic (exact) mass is 361 g/mol. The Kier molecular flexibility index (Phi) is 8.68. The maximum Gasteiger partial charge on any atom is 0.213 e. The van der Waals surface area contributed by atoms with E-state index in [1.54, 1.807) is 13.3 Å². The lowest BCUT2D eigenvalue weighted by molar-refractivity contribution is 0.161. The molecule has 2 N–H and O–H groups in total. The Morgan fingerprint density at radius 2 is 1.96 bits per heavy atom. The normalized spacial score (nSPS) is 17.7. The lowest BCUT2D eigenvalue weighted by Crippen LogP contribution is -2.49. The highest BCUT2D eigenvalue weighted by atomic mass is 16.5. The van der Waals surface area contributed by atoms with E-state index in [-0.39, 0.29) is 0 Å². The largest absolute Gasteiger partial charge is 0.481 e. The molecule has 26 heavy (non-hydrogen) atoms. The maximum atomic E-state index is 5.18. The van der Waals surface area contributed by atoms with Gasteiger partial charge in [0.15, 0.2) is 5.96 Å². The van der Waals surface area contributed by atoms with Gasteiger partial charge in [-0.1, -0.05) is 26.7 Å². The third-order valence-corrected chi connectivity index (χ3v) is 5.05. The average Bonchev–Trinajstić information content (AvgIpc) is 2.93. The molecule has 1 aliphatic rings. The first-order chi connectivity index (χ1) is 12.6. The second-order valence-electron chi connectivity index (χ2n) is 7.27. The average molecular weight is 362 g/mol. The predicted octanol–water partition coefficient (Wildman–Crippen LogP) is 2.66. The van der Waals surface area contributed by atoms with Gasteiger partial charge in [0, 0.05) is 38.4 Å². The highest BCUT2D eigenvalue weighted by Gasteiger charge is 2.22. The zero-order valence-electron chi connectivity index (χ0n) is 16.8. The summed E-state index contributed by atoms with van der Waals surface area (Å²) in [6.45, 7) is 8.67. The van der Waals surface area contributed by atoms with Crippen molar-refractivity contribution in [3.8, 4) is 5.88 Å². The second-order valence-corrected chi connectivity index (χ2v) is 7.27. The minimum absolute atomic E-state index is 0.535. The summed E-state index contributed by atoms with van der Waals surface area (Å²) < 4.78 is 5.18. The number of aromatic nitrogens is 1. The second kappa shape index (κ2) is 11.0. The maximum absolute atomic E-state index is 5.18. The van der Waals surface area contributed by atoms with E-state index in [0.29, 0.717) is 24.4 Å². The molecule has 0 radical (unpaired) electrons. The summed E-state index contributed by atoms with van der Waals surface area (Å²) in [5, 5.41) is 6.90. The van der Waals surface area contributed by atoms with E-state index in [9.17, 15) is 0 Å². The molecule has 1 aromatic rings. The SMILES string of the molecule is CN=C(NCc1ccnc(OC)c1)NCC(C(C)C)N1CCCCCC1. The molecule has 1 unspecified atom stereocenters. The lowest BCUT2D eigenvalue weighted by atomic mass is 10.0. The van der Waals surface area contributed by atoms with Crippen molar-refractivity contribution < 1.29 is 4.74 Å². The smallest absolute Gasteiger partial charge is 0.213 e. The van der Waals surface area contributed by atoms with Gasteiger partial charge in [0.05, 0.1) is 7.11 Å². The molecule has 1 fully saturated rings. The van der Waals surface area contributed by atoms with Crippen LogP contribution < -0.4 is 15.4 Å². The van der Waals surface area contributed by atoms with Crippen LogP contribution in [0.3, 0.4) is 0 Å². The van der Waals surface area contributed by atoms with Crippen LogP contribution in [0.4, 0.5) is 0 Å². The van der Waals surface area contributed by atoms with Gasteiger partial charge in [-0.05, 0) is 43.5 Å². The predicted molar refractivity (Wildman–Crippen MR) is 108 cm³/mol. The van der Waals surface area contributed by atoms with Crippen LogP contribution in [0.5, 0.6) is 5.88 Å². The number of nitrogens with zero attached hydrogens (tertiary/aromatic N) is 3. The molecular weight excluding hydrogens is 326 g/mol. The minimum Gasteiger partial charge on any atom is -0.481 e. The summed E-state index contributed by atoms with van der Waals surface area (Å²) in [5.41, 5.74) is 1.12.